The summed E-state index contributed by atoms with van der Waals surface area (Å²) in [5.74, 6) is 0. The number of hydrogen-bond acceptors (Lipinski definition) is 3. The molecular weight excluding hydrogens is 170 g/mol. The predicted molar refractivity (Wildman–Crippen MR) is 52.2 cm³/mol. The Bertz CT molecular complexity index is 296. The van der Waals surface area contributed by atoms with E-state index in [1.165, 1.54) is 0 Å². The Kier molecular flexibility index (Phi) is 3.17. The van der Waals surface area contributed by atoms with Gasteiger partial charge < -0.3 is 5.21 Å². The molecule has 0 radical (unpaired) electrons. The van der Waals surface area contributed by atoms with Crippen molar-refractivity contribution in [2.75, 3.05) is 6.26 Å². The van der Waals surface area contributed by atoms with E-state index in [1.54, 1.807) is 18.7 Å². The van der Waals surface area contributed by atoms with Crippen LogP contribution in [0.25, 0.3) is 0 Å². The smallest absolute Gasteiger partial charge is 0.0848 e. The molecule has 0 aromatic heterocycles. The maximum absolute atomic E-state index is 8.59. The fraction of sp³-hybridized carbons (Fsp3) is 0.222. The zero-order valence-electron chi connectivity index (χ0n) is 7.11. The van der Waals surface area contributed by atoms with Crippen LogP contribution in [0.5, 0.6) is 0 Å². The Labute approximate surface area is 76.3 Å². The molecule has 0 saturated heterocycles. The van der Waals surface area contributed by atoms with Crippen LogP contribution in [0.15, 0.2) is 34.3 Å². The van der Waals surface area contributed by atoms with Crippen molar-refractivity contribution in [1.29, 1.82) is 0 Å². The molecular formula is C9H11NOS. The Morgan fingerprint density at radius 3 is 2.67 bits per heavy atom. The standard InChI is InChI=1S/C9H11NOS/c1-7(10-11)8-5-3-4-6-9(8)12-2/h3-6,11H,1-2H3/b10-7+. The van der Waals surface area contributed by atoms with Crippen LogP contribution in [0.1, 0.15) is 12.5 Å². The molecule has 1 rings (SSSR count). The van der Waals surface area contributed by atoms with E-state index >= 15 is 0 Å². The van der Waals surface area contributed by atoms with Crippen LogP contribution >= 0.6 is 11.8 Å². The first-order chi connectivity index (χ1) is 5.79. The van der Waals surface area contributed by atoms with Crippen LogP contribution in [0.4, 0.5) is 0 Å². The Morgan fingerprint density at radius 1 is 1.42 bits per heavy atom. The molecule has 0 amide bonds. The third-order valence-electron chi connectivity index (χ3n) is 1.65. The van der Waals surface area contributed by atoms with E-state index in [9.17, 15) is 0 Å². The minimum absolute atomic E-state index is 0.653. The van der Waals surface area contributed by atoms with E-state index in [0.29, 0.717) is 5.71 Å². The van der Waals surface area contributed by atoms with E-state index < -0.39 is 0 Å². The van der Waals surface area contributed by atoms with Gasteiger partial charge in [0.15, 0.2) is 0 Å². The minimum atomic E-state index is 0.653. The summed E-state index contributed by atoms with van der Waals surface area (Å²) in [6, 6.07) is 7.86. The lowest BCUT2D eigenvalue weighted by atomic mass is 10.1. The van der Waals surface area contributed by atoms with Crippen molar-refractivity contribution in [3.8, 4) is 0 Å². The summed E-state index contributed by atoms with van der Waals surface area (Å²) in [7, 11) is 0. The summed E-state index contributed by atoms with van der Waals surface area (Å²) in [4.78, 5) is 1.13. The van der Waals surface area contributed by atoms with Gasteiger partial charge in [-0.05, 0) is 19.2 Å². The highest BCUT2D eigenvalue weighted by Gasteiger charge is 2.02. The Morgan fingerprint density at radius 2 is 2.08 bits per heavy atom. The molecule has 1 aromatic rings. The molecule has 0 saturated carbocycles. The molecule has 1 N–H and O–H groups in total. The van der Waals surface area contributed by atoms with Crippen LogP contribution in [-0.2, 0) is 0 Å². The SMILES string of the molecule is CSc1ccccc1/C(C)=N/O. The van der Waals surface area contributed by atoms with Gasteiger partial charge in [-0.3, -0.25) is 0 Å². The fourth-order valence-electron chi connectivity index (χ4n) is 0.997. The molecule has 0 fully saturated rings. The van der Waals surface area contributed by atoms with E-state index in [4.69, 9.17) is 5.21 Å². The molecule has 0 bridgehead atoms. The molecule has 0 unspecified atom stereocenters. The van der Waals surface area contributed by atoms with Crippen LogP contribution in [0, 0.1) is 0 Å². The maximum Gasteiger partial charge on any atom is 0.0848 e. The lowest BCUT2D eigenvalue weighted by Crippen LogP contribution is -1.95. The minimum Gasteiger partial charge on any atom is -0.411 e. The Hall–Kier alpha value is -0.960. The highest BCUT2D eigenvalue weighted by molar-refractivity contribution is 7.98. The predicted octanol–water partition coefficient (Wildman–Crippen LogP) is 2.61. The summed E-state index contributed by atoms with van der Waals surface area (Å²) in [6.45, 7) is 1.79. The zero-order chi connectivity index (χ0) is 8.97. The second kappa shape index (κ2) is 4.16. The summed E-state index contributed by atoms with van der Waals surface area (Å²) < 4.78 is 0. The van der Waals surface area contributed by atoms with Crippen LogP contribution < -0.4 is 0 Å². The number of hydrogen-bond donors (Lipinski definition) is 1. The summed E-state index contributed by atoms with van der Waals surface area (Å²) in [6.07, 6.45) is 2.00. The molecule has 1 aromatic carbocycles. The first kappa shape index (κ1) is 9.13. The van der Waals surface area contributed by atoms with Gasteiger partial charge >= 0.3 is 0 Å². The van der Waals surface area contributed by atoms with Gasteiger partial charge in [0.05, 0.1) is 5.71 Å². The Balaban J connectivity index is 3.13. The first-order valence-electron chi connectivity index (χ1n) is 3.61. The highest BCUT2D eigenvalue weighted by Crippen LogP contribution is 2.20. The van der Waals surface area contributed by atoms with Gasteiger partial charge in [0.2, 0.25) is 0 Å². The van der Waals surface area contributed by atoms with E-state index in [0.717, 1.165) is 10.5 Å². The number of benzene rings is 1. The molecule has 3 heteroatoms. The molecule has 0 aliphatic heterocycles. The van der Waals surface area contributed by atoms with Crippen molar-refractivity contribution >= 4 is 17.5 Å². The van der Waals surface area contributed by atoms with Gasteiger partial charge in [0.1, 0.15) is 0 Å². The first-order valence-corrected chi connectivity index (χ1v) is 4.84. The van der Waals surface area contributed by atoms with Gasteiger partial charge in [0, 0.05) is 10.5 Å². The molecule has 2 nitrogen and oxygen atoms in total. The van der Waals surface area contributed by atoms with Crippen LogP contribution in [0.2, 0.25) is 0 Å². The number of rotatable bonds is 2. The van der Waals surface area contributed by atoms with Gasteiger partial charge in [0.25, 0.3) is 0 Å². The molecule has 64 valence electrons. The third kappa shape index (κ3) is 1.80. The van der Waals surface area contributed by atoms with Crippen molar-refractivity contribution in [2.45, 2.75) is 11.8 Å². The largest absolute Gasteiger partial charge is 0.411 e. The zero-order valence-corrected chi connectivity index (χ0v) is 7.93. The lowest BCUT2D eigenvalue weighted by Gasteiger charge is -2.03. The number of nitrogens with zero attached hydrogens (tertiary/aromatic N) is 1. The molecule has 0 heterocycles. The topological polar surface area (TPSA) is 32.6 Å². The van der Waals surface area contributed by atoms with Crippen molar-refractivity contribution in [2.24, 2.45) is 5.16 Å². The van der Waals surface area contributed by atoms with Crippen LogP contribution in [0.3, 0.4) is 0 Å². The number of thioether (sulfide) groups is 1. The van der Waals surface area contributed by atoms with Crippen LogP contribution in [-0.4, -0.2) is 17.2 Å². The monoisotopic (exact) mass is 181 g/mol. The van der Waals surface area contributed by atoms with Crippen molar-refractivity contribution < 1.29 is 5.21 Å². The van der Waals surface area contributed by atoms with E-state index in [1.807, 2.05) is 30.5 Å². The highest BCUT2D eigenvalue weighted by atomic mass is 32.2. The normalized spacial score (nSPS) is 11.7. The van der Waals surface area contributed by atoms with Crippen molar-refractivity contribution in [1.82, 2.24) is 0 Å². The molecule has 0 atom stereocenters. The average molecular weight is 181 g/mol. The summed E-state index contributed by atoms with van der Waals surface area (Å²) in [5.41, 5.74) is 1.65. The molecule has 0 aliphatic rings. The molecule has 12 heavy (non-hydrogen) atoms. The van der Waals surface area contributed by atoms with Gasteiger partial charge in [-0.2, -0.15) is 0 Å². The molecule has 0 aliphatic carbocycles. The molecule has 0 spiro atoms. The van der Waals surface area contributed by atoms with Crippen molar-refractivity contribution in [3.05, 3.63) is 29.8 Å². The third-order valence-corrected chi connectivity index (χ3v) is 2.44. The van der Waals surface area contributed by atoms with Gasteiger partial charge in [-0.15, -0.1) is 11.8 Å². The quantitative estimate of drug-likeness (QED) is 0.329. The second-order valence-corrected chi connectivity index (χ2v) is 3.23. The van der Waals surface area contributed by atoms with E-state index in [-0.39, 0.29) is 0 Å². The van der Waals surface area contributed by atoms with Gasteiger partial charge in [-0.1, -0.05) is 23.4 Å². The fourth-order valence-corrected chi connectivity index (χ4v) is 1.65. The summed E-state index contributed by atoms with van der Waals surface area (Å²) in [5, 5.41) is 11.8. The number of oxime groups is 1. The van der Waals surface area contributed by atoms with Crippen molar-refractivity contribution in [3.63, 3.8) is 0 Å². The lowest BCUT2D eigenvalue weighted by molar-refractivity contribution is 0.319. The maximum atomic E-state index is 8.59. The van der Waals surface area contributed by atoms with Gasteiger partial charge in [-0.25, -0.2) is 0 Å². The second-order valence-electron chi connectivity index (χ2n) is 2.39. The summed E-state index contributed by atoms with van der Waals surface area (Å²) >= 11 is 1.65. The van der Waals surface area contributed by atoms with E-state index in [2.05, 4.69) is 5.16 Å². The average Bonchev–Trinajstić information content (AvgIpc) is 2.16.